The first kappa shape index (κ1) is 14.8. The van der Waals surface area contributed by atoms with Crippen LogP contribution in [0.3, 0.4) is 0 Å². The van der Waals surface area contributed by atoms with Crippen molar-refractivity contribution in [3.05, 3.63) is 64.2 Å². The molecule has 0 saturated heterocycles. The normalized spacial score (nSPS) is 12.2. The van der Waals surface area contributed by atoms with Gasteiger partial charge >= 0.3 is 0 Å². The van der Waals surface area contributed by atoms with Crippen molar-refractivity contribution in [1.82, 2.24) is 0 Å². The molecule has 0 aliphatic heterocycles. The van der Waals surface area contributed by atoms with Crippen molar-refractivity contribution in [2.45, 2.75) is 19.6 Å². The molecule has 1 atom stereocenters. The van der Waals surface area contributed by atoms with Crippen LogP contribution in [-0.4, -0.2) is 0 Å². The van der Waals surface area contributed by atoms with Crippen LogP contribution in [0, 0.1) is 11.6 Å². The van der Waals surface area contributed by atoms with Crippen molar-refractivity contribution in [3.8, 4) is 5.75 Å². The van der Waals surface area contributed by atoms with E-state index in [0.29, 0.717) is 16.9 Å². The maximum absolute atomic E-state index is 13.3. The quantitative estimate of drug-likeness (QED) is 0.917. The molecule has 2 rings (SSSR count). The highest BCUT2D eigenvalue weighted by Gasteiger charge is 2.10. The minimum Gasteiger partial charge on any atom is -0.488 e. The summed E-state index contributed by atoms with van der Waals surface area (Å²) < 4.78 is 32.1. The Labute approximate surface area is 121 Å². The zero-order valence-electron chi connectivity index (χ0n) is 10.9. The number of hydrogen-bond acceptors (Lipinski definition) is 2. The summed E-state index contributed by atoms with van der Waals surface area (Å²) in [6, 6.07) is 8.28. The molecule has 2 N–H and O–H groups in total. The number of rotatable bonds is 4. The zero-order chi connectivity index (χ0) is 14.7. The molecular weight excluding hydrogens is 284 g/mol. The van der Waals surface area contributed by atoms with Gasteiger partial charge in [-0.15, -0.1) is 0 Å². The largest absolute Gasteiger partial charge is 0.488 e. The summed E-state index contributed by atoms with van der Waals surface area (Å²) in [7, 11) is 0. The van der Waals surface area contributed by atoms with Crippen LogP contribution < -0.4 is 10.5 Å². The fourth-order valence-corrected chi connectivity index (χ4v) is 1.92. The zero-order valence-corrected chi connectivity index (χ0v) is 11.6. The van der Waals surface area contributed by atoms with Crippen LogP contribution in [0.2, 0.25) is 5.02 Å². The summed E-state index contributed by atoms with van der Waals surface area (Å²) in [5, 5.41) is 0.0516. The Balaban J connectivity index is 2.17. The van der Waals surface area contributed by atoms with Crippen LogP contribution in [0.4, 0.5) is 8.78 Å². The van der Waals surface area contributed by atoms with Gasteiger partial charge in [0.25, 0.3) is 0 Å². The molecule has 2 aromatic rings. The van der Waals surface area contributed by atoms with E-state index in [9.17, 15) is 8.78 Å². The Morgan fingerprint density at radius 1 is 1.20 bits per heavy atom. The molecular formula is C15H14ClF2NO. The van der Waals surface area contributed by atoms with Crippen LogP contribution in [-0.2, 0) is 6.61 Å². The summed E-state index contributed by atoms with van der Waals surface area (Å²) in [6.07, 6.45) is 0. The van der Waals surface area contributed by atoms with Gasteiger partial charge in [-0.2, -0.15) is 0 Å². The molecule has 2 nitrogen and oxygen atoms in total. The lowest BCUT2D eigenvalue weighted by Gasteiger charge is -2.14. The van der Waals surface area contributed by atoms with E-state index in [4.69, 9.17) is 22.1 Å². The first-order valence-corrected chi connectivity index (χ1v) is 6.47. The standard InChI is InChI=1S/C15H14ClF2NO/c1-9(19)12-4-3-11(17)7-15(12)20-8-10-2-5-13(16)14(18)6-10/h2-7,9H,8,19H2,1H3/t9-/m0/s1. The van der Waals surface area contributed by atoms with E-state index in [-0.39, 0.29) is 17.7 Å². The fraction of sp³-hybridized carbons (Fsp3) is 0.200. The second kappa shape index (κ2) is 6.20. The predicted octanol–water partition coefficient (Wildman–Crippen LogP) is 4.22. The Morgan fingerprint density at radius 2 is 1.95 bits per heavy atom. The van der Waals surface area contributed by atoms with E-state index < -0.39 is 11.6 Å². The first-order chi connectivity index (χ1) is 9.47. The second-order valence-corrected chi connectivity index (χ2v) is 4.92. The monoisotopic (exact) mass is 297 g/mol. The minimum absolute atomic E-state index is 0.0516. The smallest absolute Gasteiger partial charge is 0.142 e. The SMILES string of the molecule is C[C@H](N)c1ccc(F)cc1OCc1ccc(Cl)c(F)c1. The summed E-state index contributed by atoms with van der Waals surface area (Å²) in [6.45, 7) is 1.89. The average molecular weight is 298 g/mol. The third kappa shape index (κ3) is 3.46. The van der Waals surface area contributed by atoms with E-state index >= 15 is 0 Å². The van der Waals surface area contributed by atoms with E-state index in [1.165, 1.54) is 24.3 Å². The van der Waals surface area contributed by atoms with E-state index in [1.54, 1.807) is 19.1 Å². The maximum Gasteiger partial charge on any atom is 0.142 e. The van der Waals surface area contributed by atoms with Crippen molar-refractivity contribution >= 4 is 11.6 Å². The molecule has 0 aliphatic rings. The lowest BCUT2D eigenvalue weighted by atomic mass is 10.1. The van der Waals surface area contributed by atoms with Crippen molar-refractivity contribution < 1.29 is 13.5 Å². The van der Waals surface area contributed by atoms with Gasteiger partial charge in [0, 0.05) is 17.7 Å². The number of hydrogen-bond donors (Lipinski definition) is 1. The molecule has 0 amide bonds. The second-order valence-electron chi connectivity index (χ2n) is 4.51. The third-order valence-electron chi connectivity index (χ3n) is 2.84. The van der Waals surface area contributed by atoms with Gasteiger partial charge in [0.2, 0.25) is 0 Å². The van der Waals surface area contributed by atoms with Gasteiger partial charge < -0.3 is 10.5 Å². The molecule has 0 bridgehead atoms. The Hall–Kier alpha value is -1.65. The molecule has 0 aliphatic carbocycles. The highest BCUT2D eigenvalue weighted by molar-refractivity contribution is 6.30. The van der Waals surface area contributed by atoms with Gasteiger partial charge in [-0.25, -0.2) is 8.78 Å². The number of benzene rings is 2. The summed E-state index contributed by atoms with van der Waals surface area (Å²) in [5.41, 5.74) is 7.10. The molecule has 2 aromatic carbocycles. The molecule has 0 saturated carbocycles. The molecule has 0 unspecified atom stereocenters. The first-order valence-electron chi connectivity index (χ1n) is 6.09. The molecule has 0 spiro atoms. The van der Waals surface area contributed by atoms with Crippen LogP contribution in [0.5, 0.6) is 5.75 Å². The summed E-state index contributed by atoms with van der Waals surface area (Å²) in [5.74, 6) is -0.568. The number of ether oxygens (including phenoxy) is 1. The van der Waals surface area contributed by atoms with E-state index in [1.807, 2.05) is 0 Å². The molecule has 0 fully saturated rings. The Bertz CT molecular complexity index is 617. The van der Waals surface area contributed by atoms with Gasteiger partial charge in [0.15, 0.2) is 0 Å². The minimum atomic E-state index is -0.514. The van der Waals surface area contributed by atoms with Gasteiger partial charge in [-0.1, -0.05) is 23.7 Å². The lowest BCUT2D eigenvalue weighted by molar-refractivity contribution is 0.299. The van der Waals surface area contributed by atoms with Crippen LogP contribution >= 0.6 is 11.6 Å². The lowest BCUT2D eigenvalue weighted by Crippen LogP contribution is -2.08. The molecule has 0 radical (unpaired) electrons. The van der Waals surface area contributed by atoms with Gasteiger partial charge in [0.05, 0.1) is 5.02 Å². The summed E-state index contributed by atoms with van der Waals surface area (Å²) >= 11 is 5.60. The maximum atomic E-state index is 13.3. The van der Waals surface area contributed by atoms with Crippen molar-refractivity contribution in [2.75, 3.05) is 0 Å². The third-order valence-corrected chi connectivity index (χ3v) is 3.15. The van der Waals surface area contributed by atoms with Gasteiger partial charge in [0.1, 0.15) is 24.0 Å². The highest BCUT2D eigenvalue weighted by Crippen LogP contribution is 2.26. The van der Waals surface area contributed by atoms with Crippen molar-refractivity contribution in [2.24, 2.45) is 5.73 Å². The molecule has 20 heavy (non-hydrogen) atoms. The predicted molar refractivity (Wildman–Crippen MR) is 74.7 cm³/mol. The van der Waals surface area contributed by atoms with Crippen LogP contribution in [0.15, 0.2) is 36.4 Å². The average Bonchev–Trinajstić information content (AvgIpc) is 2.40. The molecule has 106 valence electrons. The van der Waals surface area contributed by atoms with Crippen LogP contribution in [0.1, 0.15) is 24.1 Å². The van der Waals surface area contributed by atoms with E-state index in [0.717, 1.165) is 0 Å². The number of halogens is 3. The van der Waals surface area contributed by atoms with Crippen molar-refractivity contribution in [1.29, 1.82) is 0 Å². The van der Waals surface area contributed by atoms with Gasteiger partial charge in [-0.05, 0) is 30.7 Å². The molecule has 5 heteroatoms. The fourth-order valence-electron chi connectivity index (χ4n) is 1.80. The Morgan fingerprint density at radius 3 is 2.60 bits per heavy atom. The van der Waals surface area contributed by atoms with Crippen LogP contribution in [0.25, 0.3) is 0 Å². The van der Waals surface area contributed by atoms with E-state index in [2.05, 4.69) is 0 Å². The molecule has 0 aromatic heterocycles. The topological polar surface area (TPSA) is 35.2 Å². The Kier molecular flexibility index (Phi) is 4.57. The highest BCUT2D eigenvalue weighted by atomic mass is 35.5. The summed E-state index contributed by atoms with van der Waals surface area (Å²) in [4.78, 5) is 0. The van der Waals surface area contributed by atoms with Crippen molar-refractivity contribution in [3.63, 3.8) is 0 Å². The van der Waals surface area contributed by atoms with Gasteiger partial charge in [-0.3, -0.25) is 0 Å². The number of nitrogens with two attached hydrogens (primary N) is 1. The molecule has 0 heterocycles.